The van der Waals surface area contributed by atoms with E-state index in [1.165, 1.54) is 16.3 Å². The van der Waals surface area contributed by atoms with Crippen LogP contribution in [0.25, 0.3) is 5.69 Å². The molecule has 0 amide bonds. The van der Waals surface area contributed by atoms with Gasteiger partial charge in [0.25, 0.3) is 0 Å². The topological polar surface area (TPSA) is 39.8 Å². The Hall–Kier alpha value is -1.40. The summed E-state index contributed by atoms with van der Waals surface area (Å²) in [7, 11) is 0. The molecule has 16 heavy (non-hydrogen) atoms. The van der Waals surface area contributed by atoms with Crippen LogP contribution in [0.5, 0.6) is 0 Å². The van der Waals surface area contributed by atoms with E-state index in [0.717, 1.165) is 5.69 Å². The third-order valence-corrected chi connectivity index (χ3v) is 3.59. The molecule has 1 aromatic carbocycles. The third-order valence-electron chi connectivity index (χ3n) is 2.32. The molecule has 80 valence electrons. The maximum absolute atomic E-state index is 11.6. The molecule has 1 aromatic heterocycles. The number of para-hydroxylation sites is 1. The van der Waals surface area contributed by atoms with Gasteiger partial charge in [0.1, 0.15) is 0 Å². The number of benzene rings is 1. The van der Waals surface area contributed by atoms with Gasteiger partial charge in [-0.05, 0) is 24.4 Å². The van der Waals surface area contributed by atoms with Gasteiger partial charge < -0.3 is 0 Å². The van der Waals surface area contributed by atoms with E-state index in [0.29, 0.717) is 15.7 Å². The van der Waals surface area contributed by atoms with Crippen LogP contribution in [0.1, 0.15) is 4.79 Å². The second-order valence-corrected chi connectivity index (χ2v) is 4.64. The second-order valence-electron chi connectivity index (χ2n) is 3.33. The molecule has 0 fully saturated rings. The summed E-state index contributed by atoms with van der Waals surface area (Å²) in [6.07, 6.45) is 0. The first-order valence-electron chi connectivity index (χ1n) is 4.71. The quantitative estimate of drug-likeness (QED) is 0.726. The maximum Gasteiger partial charge on any atom is 0.245 e. The summed E-state index contributed by atoms with van der Waals surface area (Å²) in [5.41, 5.74) is 0.878. The summed E-state index contributed by atoms with van der Waals surface area (Å²) in [6.45, 7) is 0. The molecule has 0 aliphatic carbocycles. The van der Waals surface area contributed by atoms with Crippen molar-refractivity contribution in [2.75, 3.05) is 5.75 Å². The number of thioether (sulfide) groups is 1. The van der Waals surface area contributed by atoms with Crippen molar-refractivity contribution in [3.05, 3.63) is 35.1 Å². The summed E-state index contributed by atoms with van der Waals surface area (Å²) in [5.74, 6) is 0.439. The number of carbonyl (C=O) groups excluding carboxylic acids is 1. The van der Waals surface area contributed by atoms with Crippen molar-refractivity contribution in [1.29, 1.82) is 0 Å². The zero-order chi connectivity index (χ0) is 11.1. The van der Waals surface area contributed by atoms with E-state index >= 15 is 0 Å². The molecule has 2 aromatic rings. The van der Waals surface area contributed by atoms with E-state index in [1.54, 1.807) is 4.68 Å². The highest BCUT2D eigenvalue weighted by molar-refractivity contribution is 8.00. The third kappa shape index (κ3) is 1.34. The number of fused-ring (bicyclic) bond motifs is 1. The minimum Gasteiger partial charge on any atom is -0.273 e. The van der Waals surface area contributed by atoms with Crippen LogP contribution in [-0.2, 0) is 0 Å². The molecule has 0 unspecified atom stereocenters. The van der Waals surface area contributed by atoms with Crippen molar-refractivity contribution >= 4 is 29.9 Å². The van der Waals surface area contributed by atoms with Gasteiger partial charge in [0.2, 0.25) is 10.7 Å². The molecule has 4 nitrogen and oxygen atoms in total. The molecule has 1 aliphatic heterocycles. The zero-order valence-corrected chi connectivity index (χ0v) is 9.79. The molecule has 0 N–H and O–H groups in total. The molecule has 1 aliphatic rings. The van der Waals surface area contributed by atoms with Gasteiger partial charge in [-0.3, -0.25) is 4.79 Å². The molecule has 6 heteroatoms. The van der Waals surface area contributed by atoms with Crippen molar-refractivity contribution in [2.45, 2.75) is 5.16 Å². The van der Waals surface area contributed by atoms with Gasteiger partial charge in [-0.25, -0.2) is 9.25 Å². The lowest BCUT2D eigenvalue weighted by Crippen LogP contribution is -2.08. The Morgan fingerprint density at radius 1 is 1.31 bits per heavy atom. The van der Waals surface area contributed by atoms with E-state index < -0.39 is 0 Å². The Morgan fingerprint density at radius 3 is 2.75 bits per heavy atom. The molecule has 0 radical (unpaired) electrons. The molecular weight excluding hydrogens is 242 g/mol. The van der Waals surface area contributed by atoms with Gasteiger partial charge in [0, 0.05) is 0 Å². The predicted octanol–water partition coefficient (Wildman–Crippen LogP) is 2.15. The molecule has 2 heterocycles. The number of hydrogen-bond acceptors (Lipinski definition) is 4. The Labute approximate surface area is 101 Å². The van der Waals surface area contributed by atoms with Crippen LogP contribution in [0.4, 0.5) is 0 Å². The predicted molar refractivity (Wildman–Crippen MR) is 63.7 cm³/mol. The molecule has 0 atom stereocenters. The summed E-state index contributed by atoms with van der Waals surface area (Å²) in [4.78, 5) is 11.6. The van der Waals surface area contributed by atoms with Crippen molar-refractivity contribution in [1.82, 2.24) is 14.3 Å². The lowest BCUT2D eigenvalue weighted by molar-refractivity contribution is 0.0937. The van der Waals surface area contributed by atoms with Crippen molar-refractivity contribution in [3.63, 3.8) is 0 Å². The van der Waals surface area contributed by atoms with E-state index in [9.17, 15) is 4.79 Å². The lowest BCUT2D eigenvalue weighted by Gasteiger charge is -1.99. The molecular formula is C10H7N3OS2. The van der Waals surface area contributed by atoms with Gasteiger partial charge >= 0.3 is 0 Å². The molecule has 0 bridgehead atoms. The van der Waals surface area contributed by atoms with E-state index in [-0.39, 0.29) is 5.91 Å². The number of rotatable bonds is 1. The van der Waals surface area contributed by atoms with E-state index in [2.05, 4.69) is 5.10 Å². The molecule has 0 saturated heterocycles. The number of carbonyl (C=O) groups is 1. The Morgan fingerprint density at radius 2 is 2.06 bits per heavy atom. The molecule has 3 rings (SSSR count). The Bertz CT molecular complexity index is 615. The minimum atomic E-state index is 0.00665. The zero-order valence-electron chi connectivity index (χ0n) is 8.16. The smallest absolute Gasteiger partial charge is 0.245 e. The summed E-state index contributed by atoms with van der Waals surface area (Å²) in [6, 6.07) is 9.57. The first kappa shape index (κ1) is 9.80. The van der Waals surface area contributed by atoms with Crippen LogP contribution < -0.4 is 0 Å². The number of hydrogen-bond donors (Lipinski definition) is 0. The molecule has 0 saturated carbocycles. The standard InChI is InChI=1S/C10H7N3OS2/c14-8-6-16-9-11-13(10(15)12(8)9)7-4-2-1-3-5-7/h1-5H,6H2. The summed E-state index contributed by atoms with van der Waals surface area (Å²) >= 11 is 6.66. The van der Waals surface area contributed by atoms with Crippen molar-refractivity contribution < 1.29 is 4.79 Å². The summed E-state index contributed by atoms with van der Waals surface area (Å²) in [5, 5.41) is 5.01. The SMILES string of the molecule is O=C1CSc2nn(-c3ccccc3)c(=S)n21. The van der Waals surface area contributed by atoms with Gasteiger partial charge in [0.05, 0.1) is 11.4 Å². The van der Waals surface area contributed by atoms with Crippen LogP contribution in [0, 0.1) is 4.77 Å². The number of aromatic nitrogens is 3. The highest BCUT2D eigenvalue weighted by Crippen LogP contribution is 2.25. The van der Waals surface area contributed by atoms with Gasteiger partial charge in [-0.15, -0.1) is 5.10 Å². The lowest BCUT2D eigenvalue weighted by atomic mass is 10.3. The first-order valence-corrected chi connectivity index (χ1v) is 6.10. The largest absolute Gasteiger partial charge is 0.273 e. The van der Waals surface area contributed by atoms with Crippen LogP contribution in [0.15, 0.2) is 35.5 Å². The van der Waals surface area contributed by atoms with Gasteiger partial charge in [-0.2, -0.15) is 0 Å². The maximum atomic E-state index is 11.6. The number of nitrogens with zero attached hydrogens (tertiary/aromatic N) is 3. The highest BCUT2D eigenvalue weighted by Gasteiger charge is 2.24. The normalized spacial score (nSPS) is 14.1. The first-order chi connectivity index (χ1) is 7.77. The van der Waals surface area contributed by atoms with Crippen LogP contribution in [0.2, 0.25) is 0 Å². The van der Waals surface area contributed by atoms with E-state index in [4.69, 9.17) is 12.2 Å². The Balaban J connectivity index is 2.22. The van der Waals surface area contributed by atoms with Crippen LogP contribution >= 0.6 is 24.0 Å². The average Bonchev–Trinajstić information content (AvgIpc) is 2.83. The van der Waals surface area contributed by atoms with Crippen molar-refractivity contribution in [2.24, 2.45) is 0 Å². The van der Waals surface area contributed by atoms with Crippen molar-refractivity contribution in [3.8, 4) is 5.69 Å². The van der Waals surface area contributed by atoms with Gasteiger partial charge in [-0.1, -0.05) is 30.0 Å². The fraction of sp³-hybridized carbons (Fsp3) is 0.100. The fourth-order valence-corrected chi connectivity index (χ4v) is 2.82. The average molecular weight is 249 g/mol. The highest BCUT2D eigenvalue weighted by atomic mass is 32.2. The second kappa shape index (κ2) is 3.57. The monoisotopic (exact) mass is 249 g/mol. The minimum absolute atomic E-state index is 0.00665. The summed E-state index contributed by atoms with van der Waals surface area (Å²) < 4.78 is 3.55. The fourth-order valence-electron chi connectivity index (χ4n) is 1.58. The van der Waals surface area contributed by atoms with Crippen LogP contribution in [-0.4, -0.2) is 26.0 Å². The Kier molecular flexibility index (Phi) is 2.19. The van der Waals surface area contributed by atoms with Crippen LogP contribution in [0.3, 0.4) is 0 Å². The molecule has 0 spiro atoms. The van der Waals surface area contributed by atoms with Gasteiger partial charge in [0.15, 0.2) is 5.16 Å². The van der Waals surface area contributed by atoms with E-state index in [1.807, 2.05) is 30.3 Å².